The van der Waals surface area contributed by atoms with Gasteiger partial charge in [-0.2, -0.15) is 4.31 Å². The normalized spacial score (nSPS) is 16.9. The summed E-state index contributed by atoms with van der Waals surface area (Å²) in [6.07, 6.45) is 1.89. The lowest BCUT2D eigenvalue weighted by molar-refractivity contribution is 0.424. The van der Waals surface area contributed by atoms with Crippen molar-refractivity contribution in [1.82, 2.24) is 4.31 Å². The molecule has 0 radical (unpaired) electrons. The first-order chi connectivity index (χ1) is 7.57. The standard InChI is InChI=1S/C9H11BrClNO2S2/c10-8-3-6-15-9(8)16(13,14)12(5-4-11)7-1-2-7/h3,6-7H,1-2,4-5H2. The van der Waals surface area contributed by atoms with E-state index in [1.807, 2.05) is 0 Å². The van der Waals surface area contributed by atoms with Gasteiger partial charge in [0.05, 0.1) is 0 Å². The zero-order valence-electron chi connectivity index (χ0n) is 8.40. The number of rotatable bonds is 5. The highest BCUT2D eigenvalue weighted by Crippen LogP contribution is 2.36. The Bertz CT molecular complexity index is 470. The molecule has 1 aromatic heterocycles. The maximum atomic E-state index is 12.3. The van der Waals surface area contributed by atoms with E-state index in [0.717, 1.165) is 12.8 Å². The molecule has 0 unspecified atom stereocenters. The minimum absolute atomic E-state index is 0.151. The lowest BCUT2D eigenvalue weighted by Crippen LogP contribution is -2.34. The van der Waals surface area contributed by atoms with Crippen molar-refractivity contribution >= 4 is 48.9 Å². The molecule has 1 fully saturated rings. The lowest BCUT2D eigenvalue weighted by atomic mass is 10.6. The number of halogens is 2. The van der Waals surface area contributed by atoms with E-state index < -0.39 is 10.0 Å². The third-order valence-electron chi connectivity index (χ3n) is 2.39. The van der Waals surface area contributed by atoms with E-state index in [2.05, 4.69) is 15.9 Å². The van der Waals surface area contributed by atoms with Crippen molar-refractivity contribution in [3.8, 4) is 0 Å². The van der Waals surface area contributed by atoms with Crippen molar-refractivity contribution in [2.45, 2.75) is 23.1 Å². The van der Waals surface area contributed by atoms with Crippen LogP contribution >= 0.6 is 38.9 Å². The molecule has 0 aromatic carbocycles. The highest BCUT2D eigenvalue weighted by atomic mass is 79.9. The Hall–Kier alpha value is 0.380. The number of alkyl halides is 1. The van der Waals surface area contributed by atoms with Gasteiger partial charge in [-0.25, -0.2) is 8.42 Å². The molecule has 0 N–H and O–H groups in total. The molecule has 0 aliphatic heterocycles. The zero-order valence-corrected chi connectivity index (χ0v) is 12.4. The Morgan fingerprint density at radius 1 is 1.56 bits per heavy atom. The van der Waals surface area contributed by atoms with E-state index in [1.165, 1.54) is 15.6 Å². The molecule has 3 nitrogen and oxygen atoms in total. The summed E-state index contributed by atoms with van der Waals surface area (Å²) in [6.45, 7) is 0.388. The molecule has 1 aliphatic carbocycles. The minimum atomic E-state index is -3.37. The van der Waals surface area contributed by atoms with Crippen molar-refractivity contribution in [1.29, 1.82) is 0 Å². The molecule has 0 saturated heterocycles. The summed E-state index contributed by atoms with van der Waals surface area (Å²) in [5.41, 5.74) is 0. The van der Waals surface area contributed by atoms with Gasteiger partial charge in [-0.3, -0.25) is 0 Å². The van der Waals surface area contributed by atoms with E-state index in [9.17, 15) is 8.42 Å². The fourth-order valence-electron chi connectivity index (χ4n) is 1.52. The predicted molar refractivity (Wildman–Crippen MR) is 69.7 cm³/mol. The molecule has 1 heterocycles. The summed E-state index contributed by atoms with van der Waals surface area (Å²) in [7, 11) is -3.37. The summed E-state index contributed by atoms with van der Waals surface area (Å²) in [5, 5.41) is 1.77. The fourth-order valence-corrected chi connectivity index (χ4v) is 5.91. The van der Waals surface area contributed by atoms with E-state index in [-0.39, 0.29) is 6.04 Å². The summed E-state index contributed by atoms with van der Waals surface area (Å²) in [5.74, 6) is 0.332. The second kappa shape index (κ2) is 4.94. The topological polar surface area (TPSA) is 37.4 Å². The quantitative estimate of drug-likeness (QED) is 0.770. The van der Waals surface area contributed by atoms with Crippen LogP contribution in [0.2, 0.25) is 0 Å². The second-order valence-electron chi connectivity index (χ2n) is 3.59. The maximum absolute atomic E-state index is 12.3. The van der Waals surface area contributed by atoms with Crippen molar-refractivity contribution in [3.05, 3.63) is 15.9 Å². The van der Waals surface area contributed by atoms with Crippen LogP contribution in [-0.2, 0) is 10.0 Å². The summed E-state index contributed by atoms with van der Waals surface area (Å²) in [6, 6.07) is 1.90. The molecule has 1 aromatic rings. The van der Waals surface area contributed by atoms with Crippen LogP contribution < -0.4 is 0 Å². The summed E-state index contributed by atoms with van der Waals surface area (Å²) >= 11 is 10.2. The first-order valence-electron chi connectivity index (χ1n) is 4.88. The van der Waals surface area contributed by atoms with Gasteiger partial charge in [-0.1, -0.05) is 0 Å². The monoisotopic (exact) mass is 343 g/mol. The fraction of sp³-hybridized carbons (Fsp3) is 0.556. The predicted octanol–water partition coefficient (Wildman–Crippen LogP) is 2.90. The van der Waals surface area contributed by atoms with Gasteiger partial charge in [0.1, 0.15) is 4.21 Å². The Morgan fingerprint density at radius 3 is 2.69 bits per heavy atom. The zero-order chi connectivity index (χ0) is 11.8. The highest BCUT2D eigenvalue weighted by Gasteiger charge is 2.38. The second-order valence-corrected chi connectivity index (χ2v) is 7.83. The van der Waals surface area contributed by atoms with Crippen LogP contribution in [-0.4, -0.2) is 31.2 Å². The Balaban J connectivity index is 2.32. The average Bonchev–Trinajstić information content (AvgIpc) is 2.96. The van der Waals surface area contributed by atoms with Crippen LogP contribution in [0.4, 0.5) is 0 Å². The van der Waals surface area contributed by atoms with Crippen molar-refractivity contribution in [2.75, 3.05) is 12.4 Å². The van der Waals surface area contributed by atoms with Crippen molar-refractivity contribution < 1.29 is 8.42 Å². The molecule has 0 spiro atoms. The van der Waals surface area contributed by atoms with Gasteiger partial charge in [0.2, 0.25) is 0 Å². The number of nitrogens with zero attached hydrogens (tertiary/aromatic N) is 1. The smallest absolute Gasteiger partial charge is 0.206 e. The Kier molecular flexibility index (Phi) is 3.96. The Morgan fingerprint density at radius 2 is 2.25 bits per heavy atom. The summed E-state index contributed by atoms with van der Waals surface area (Å²) < 4.78 is 27.2. The number of hydrogen-bond acceptors (Lipinski definition) is 3. The third-order valence-corrected chi connectivity index (χ3v) is 7.15. The van der Waals surface area contributed by atoms with Gasteiger partial charge in [-0.05, 0) is 40.2 Å². The molecule has 7 heteroatoms. The highest BCUT2D eigenvalue weighted by molar-refractivity contribution is 9.10. The Labute approximate surface area is 113 Å². The van der Waals surface area contributed by atoms with Gasteiger partial charge >= 0.3 is 0 Å². The molecule has 16 heavy (non-hydrogen) atoms. The lowest BCUT2D eigenvalue weighted by Gasteiger charge is -2.19. The van der Waals surface area contributed by atoms with Gasteiger partial charge in [0.15, 0.2) is 0 Å². The maximum Gasteiger partial charge on any atom is 0.253 e. The van der Waals surface area contributed by atoms with E-state index in [0.29, 0.717) is 21.1 Å². The first kappa shape index (κ1) is 12.8. The number of hydrogen-bond donors (Lipinski definition) is 0. The van der Waals surface area contributed by atoms with Crippen LogP contribution in [0.3, 0.4) is 0 Å². The number of sulfonamides is 1. The molecular formula is C9H11BrClNO2S2. The number of thiophene rings is 1. The molecule has 90 valence electrons. The average molecular weight is 345 g/mol. The molecular weight excluding hydrogens is 334 g/mol. The van der Waals surface area contributed by atoms with E-state index in [4.69, 9.17) is 11.6 Å². The van der Waals surface area contributed by atoms with E-state index >= 15 is 0 Å². The van der Waals surface area contributed by atoms with Crippen LogP contribution in [0, 0.1) is 0 Å². The molecule has 1 saturated carbocycles. The van der Waals surface area contributed by atoms with Crippen LogP contribution in [0.25, 0.3) is 0 Å². The van der Waals surface area contributed by atoms with Gasteiger partial charge in [-0.15, -0.1) is 22.9 Å². The van der Waals surface area contributed by atoms with Gasteiger partial charge < -0.3 is 0 Å². The van der Waals surface area contributed by atoms with Gasteiger partial charge in [0, 0.05) is 22.9 Å². The van der Waals surface area contributed by atoms with Crippen molar-refractivity contribution in [2.24, 2.45) is 0 Å². The van der Waals surface area contributed by atoms with Crippen LogP contribution in [0.15, 0.2) is 20.1 Å². The van der Waals surface area contributed by atoms with Crippen LogP contribution in [0.5, 0.6) is 0 Å². The van der Waals surface area contributed by atoms with Gasteiger partial charge in [0.25, 0.3) is 10.0 Å². The largest absolute Gasteiger partial charge is 0.253 e. The molecule has 0 amide bonds. The molecule has 0 bridgehead atoms. The molecule has 1 aliphatic rings. The summed E-state index contributed by atoms with van der Waals surface area (Å²) in [4.78, 5) is 0. The first-order valence-corrected chi connectivity index (χ1v) is 8.53. The van der Waals surface area contributed by atoms with Crippen LogP contribution in [0.1, 0.15) is 12.8 Å². The SMILES string of the molecule is O=S(=O)(c1sccc1Br)N(CCCl)C1CC1. The third kappa shape index (κ3) is 2.46. The molecule has 0 atom stereocenters. The van der Waals surface area contributed by atoms with E-state index in [1.54, 1.807) is 11.4 Å². The minimum Gasteiger partial charge on any atom is -0.206 e. The van der Waals surface area contributed by atoms with Crippen molar-refractivity contribution in [3.63, 3.8) is 0 Å². The molecule has 2 rings (SSSR count).